The van der Waals surface area contributed by atoms with E-state index >= 15 is 0 Å². The highest BCUT2D eigenvalue weighted by Crippen LogP contribution is 2.31. The smallest absolute Gasteiger partial charge is 0.244 e. The van der Waals surface area contributed by atoms with Crippen LogP contribution in [0.3, 0.4) is 0 Å². The fourth-order valence-electron chi connectivity index (χ4n) is 3.84. The number of sulfonamides is 1. The van der Waals surface area contributed by atoms with Crippen LogP contribution in [0.2, 0.25) is 0 Å². The summed E-state index contributed by atoms with van der Waals surface area (Å²) in [4.78, 5) is 13.1. The molecule has 2 atom stereocenters. The van der Waals surface area contributed by atoms with Crippen LogP contribution in [0.15, 0.2) is 48.5 Å². The number of anilines is 1. The van der Waals surface area contributed by atoms with Gasteiger partial charge in [0.05, 0.1) is 18.0 Å². The molecule has 2 aromatic rings. The second kappa shape index (κ2) is 8.31. The Morgan fingerprint density at radius 2 is 1.89 bits per heavy atom. The molecule has 0 saturated carbocycles. The molecule has 0 unspecified atom stereocenters. The maximum absolute atomic E-state index is 14.3. The Balaban J connectivity index is 1.91. The maximum atomic E-state index is 14.3. The van der Waals surface area contributed by atoms with Gasteiger partial charge in [0, 0.05) is 0 Å². The Morgan fingerprint density at radius 3 is 2.57 bits per heavy atom. The number of fused-ring (bicyclic) bond motifs is 1. The van der Waals surface area contributed by atoms with Crippen molar-refractivity contribution < 1.29 is 17.6 Å². The number of hydrogen-bond donors (Lipinski definition) is 1. The summed E-state index contributed by atoms with van der Waals surface area (Å²) < 4.78 is 40.2. The predicted octanol–water partition coefficient (Wildman–Crippen LogP) is 3.56. The Hall–Kier alpha value is -2.41. The molecule has 1 amide bonds. The molecule has 1 aliphatic carbocycles. The number of carbonyl (C=O) groups is 1. The number of aryl methyl sites for hydroxylation is 1. The normalized spacial score (nSPS) is 17.5. The summed E-state index contributed by atoms with van der Waals surface area (Å²) >= 11 is 0. The summed E-state index contributed by atoms with van der Waals surface area (Å²) in [6.07, 6.45) is 3.91. The van der Waals surface area contributed by atoms with Crippen LogP contribution in [-0.2, 0) is 21.2 Å². The van der Waals surface area contributed by atoms with Crippen LogP contribution < -0.4 is 9.62 Å². The molecule has 0 fully saturated rings. The summed E-state index contributed by atoms with van der Waals surface area (Å²) in [6.45, 7) is 1.72. The number of hydrogen-bond acceptors (Lipinski definition) is 3. The first-order chi connectivity index (χ1) is 13.3. The minimum atomic E-state index is -3.87. The molecule has 0 spiro atoms. The van der Waals surface area contributed by atoms with E-state index in [1.807, 2.05) is 24.3 Å². The van der Waals surface area contributed by atoms with Gasteiger partial charge >= 0.3 is 0 Å². The molecule has 0 aromatic heterocycles. The average molecular weight is 405 g/mol. The first-order valence-corrected chi connectivity index (χ1v) is 11.3. The zero-order valence-electron chi connectivity index (χ0n) is 16.1. The number of nitrogens with one attached hydrogen (secondary N) is 1. The molecule has 1 N–H and O–H groups in total. The number of nitrogens with zero attached hydrogens (tertiary/aromatic N) is 1. The SMILES string of the molecule is CC[C@H](C(=O)N[C@H]1CCCc2ccccc21)N(c1ccccc1F)S(C)(=O)=O. The minimum Gasteiger partial charge on any atom is -0.347 e. The number of halogens is 1. The number of rotatable bonds is 6. The van der Waals surface area contributed by atoms with Crippen molar-refractivity contribution in [2.75, 3.05) is 10.6 Å². The number of para-hydroxylation sites is 1. The van der Waals surface area contributed by atoms with Gasteiger partial charge in [-0.15, -0.1) is 0 Å². The zero-order chi connectivity index (χ0) is 20.3. The van der Waals surface area contributed by atoms with Gasteiger partial charge in [-0.2, -0.15) is 0 Å². The van der Waals surface area contributed by atoms with Gasteiger partial charge in [0.25, 0.3) is 0 Å². The third-order valence-electron chi connectivity index (χ3n) is 5.11. The molecule has 0 saturated heterocycles. The van der Waals surface area contributed by atoms with Gasteiger partial charge in [-0.05, 0) is 48.9 Å². The van der Waals surface area contributed by atoms with Crippen LogP contribution in [0.1, 0.15) is 43.4 Å². The number of carbonyl (C=O) groups excluding carboxylic acids is 1. The van der Waals surface area contributed by atoms with E-state index in [0.717, 1.165) is 35.4 Å². The monoisotopic (exact) mass is 404 g/mol. The van der Waals surface area contributed by atoms with E-state index in [1.54, 1.807) is 13.0 Å². The lowest BCUT2D eigenvalue weighted by Gasteiger charge is -2.33. The average Bonchev–Trinajstić information content (AvgIpc) is 2.66. The van der Waals surface area contributed by atoms with Crippen molar-refractivity contribution in [2.24, 2.45) is 0 Å². The Labute approximate surface area is 165 Å². The van der Waals surface area contributed by atoms with Gasteiger partial charge in [-0.1, -0.05) is 43.3 Å². The molecular weight excluding hydrogens is 379 g/mol. The highest BCUT2D eigenvalue weighted by Gasteiger charge is 2.34. The summed E-state index contributed by atoms with van der Waals surface area (Å²) in [5.41, 5.74) is 2.14. The number of benzene rings is 2. The summed E-state index contributed by atoms with van der Waals surface area (Å²) in [7, 11) is -3.87. The summed E-state index contributed by atoms with van der Waals surface area (Å²) in [5, 5.41) is 3.00. The van der Waals surface area contributed by atoms with Gasteiger partial charge in [-0.3, -0.25) is 9.10 Å². The molecule has 28 heavy (non-hydrogen) atoms. The third-order valence-corrected chi connectivity index (χ3v) is 6.27. The van der Waals surface area contributed by atoms with Crippen LogP contribution >= 0.6 is 0 Å². The number of amides is 1. The van der Waals surface area contributed by atoms with E-state index in [1.165, 1.54) is 23.8 Å². The van der Waals surface area contributed by atoms with Gasteiger partial charge in [0.2, 0.25) is 15.9 Å². The lowest BCUT2D eigenvalue weighted by atomic mass is 9.87. The van der Waals surface area contributed by atoms with Crippen LogP contribution in [-0.4, -0.2) is 26.6 Å². The van der Waals surface area contributed by atoms with Gasteiger partial charge in [0.1, 0.15) is 11.9 Å². The van der Waals surface area contributed by atoms with E-state index in [0.29, 0.717) is 0 Å². The third kappa shape index (κ3) is 4.19. The van der Waals surface area contributed by atoms with Gasteiger partial charge in [0.15, 0.2) is 0 Å². The standard InChI is InChI=1S/C21H25FN2O3S/c1-3-19(24(28(2,26)27)20-14-7-6-12-17(20)22)21(25)23-18-13-8-10-15-9-4-5-11-16(15)18/h4-7,9,11-12,14,18-19H,3,8,10,13H2,1-2H3,(H,23,25)/t18-,19+/m0/s1. The molecule has 5 nitrogen and oxygen atoms in total. The van der Waals surface area contributed by atoms with Crippen molar-refractivity contribution in [1.82, 2.24) is 5.32 Å². The van der Waals surface area contributed by atoms with E-state index < -0.39 is 27.8 Å². The molecule has 0 bridgehead atoms. The molecule has 3 rings (SSSR count). The zero-order valence-corrected chi connectivity index (χ0v) is 16.9. The highest BCUT2D eigenvalue weighted by atomic mass is 32.2. The Bertz CT molecular complexity index is 962. The molecule has 2 aromatic carbocycles. The van der Waals surface area contributed by atoms with Crippen molar-refractivity contribution in [2.45, 2.75) is 44.7 Å². The highest BCUT2D eigenvalue weighted by molar-refractivity contribution is 7.92. The molecule has 0 aliphatic heterocycles. The first-order valence-electron chi connectivity index (χ1n) is 9.45. The van der Waals surface area contributed by atoms with Crippen LogP contribution in [0, 0.1) is 5.82 Å². The van der Waals surface area contributed by atoms with Gasteiger partial charge in [-0.25, -0.2) is 12.8 Å². The second-order valence-corrected chi connectivity index (χ2v) is 8.95. The fourth-order valence-corrected chi connectivity index (χ4v) is 5.05. The van der Waals surface area contributed by atoms with Crippen molar-refractivity contribution >= 4 is 21.6 Å². The Morgan fingerprint density at radius 1 is 1.21 bits per heavy atom. The first kappa shape index (κ1) is 20.3. The summed E-state index contributed by atoms with van der Waals surface area (Å²) in [5.74, 6) is -1.10. The maximum Gasteiger partial charge on any atom is 0.244 e. The van der Waals surface area contributed by atoms with Crippen LogP contribution in [0.25, 0.3) is 0 Å². The Kier molecular flexibility index (Phi) is 6.03. The van der Waals surface area contributed by atoms with Crippen molar-refractivity contribution in [3.8, 4) is 0 Å². The van der Waals surface area contributed by atoms with Crippen LogP contribution in [0.4, 0.5) is 10.1 Å². The second-order valence-electron chi connectivity index (χ2n) is 7.09. The summed E-state index contributed by atoms with van der Waals surface area (Å²) in [6, 6.07) is 12.4. The minimum absolute atomic E-state index is 0.115. The van der Waals surface area contributed by atoms with Gasteiger partial charge < -0.3 is 5.32 Å². The molecule has 0 radical (unpaired) electrons. The quantitative estimate of drug-likeness (QED) is 0.801. The molecule has 0 heterocycles. The van der Waals surface area contributed by atoms with E-state index in [-0.39, 0.29) is 18.2 Å². The van der Waals surface area contributed by atoms with E-state index in [2.05, 4.69) is 5.32 Å². The topological polar surface area (TPSA) is 66.5 Å². The fraction of sp³-hybridized carbons (Fsp3) is 0.381. The van der Waals surface area contributed by atoms with Crippen molar-refractivity contribution in [3.63, 3.8) is 0 Å². The van der Waals surface area contributed by atoms with Crippen molar-refractivity contribution in [3.05, 3.63) is 65.5 Å². The largest absolute Gasteiger partial charge is 0.347 e. The van der Waals surface area contributed by atoms with E-state index in [4.69, 9.17) is 0 Å². The molecular formula is C21H25FN2O3S. The van der Waals surface area contributed by atoms with Crippen molar-refractivity contribution in [1.29, 1.82) is 0 Å². The lowest BCUT2D eigenvalue weighted by Crippen LogP contribution is -2.50. The lowest BCUT2D eigenvalue weighted by molar-refractivity contribution is -0.123. The van der Waals surface area contributed by atoms with Crippen LogP contribution in [0.5, 0.6) is 0 Å². The molecule has 1 aliphatic rings. The van der Waals surface area contributed by atoms with E-state index in [9.17, 15) is 17.6 Å². The molecule has 150 valence electrons. The molecule has 7 heteroatoms. The predicted molar refractivity (Wildman–Crippen MR) is 108 cm³/mol.